The van der Waals surface area contributed by atoms with Crippen LogP contribution in [-0.2, 0) is 0 Å². The van der Waals surface area contributed by atoms with Gasteiger partial charge in [0.05, 0.1) is 6.04 Å². The Morgan fingerprint density at radius 2 is 2.00 bits per heavy atom. The zero-order chi connectivity index (χ0) is 14.9. The number of hydrogen-bond donors (Lipinski definition) is 2. The first-order valence-corrected chi connectivity index (χ1v) is 9.56. The fourth-order valence-electron chi connectivity index (χ4n) is 3.13. The van der Waals surface area contributed by atoms with Gasteiger partial charge in [0.25, 0.3) is 0 Å². The fraction of sp³-hybridized carbons (Fsp3) is 0.235. The van der Waals surface area contributed by atoms with Crippen molar-refractivity contribution in [1.29, 1.82) is 0 Å². The molecule has 2 aromatic heterocycles. The summed E-state index contributed by atoms with van der Waals surface area (Å²) < 4.78 is 0. The van der Waals surface area contributed by atoms with Crippen LogP contribution in [0.4, 0.5) is 0 Å². The molecule has 1 aliphatic heterocycles. The predicted molar refractivity (Wildman–Crippen MR) is 99.1 cm³/mol. The summed E-state index contributed by atoms with van der Waals surface area (Å²) in [6, 6.07) is 8.80. The maximum atomic E-state index is 5.45. The van der Waals surface area contributed by atoms with E-state index in [1.54, 1.807) is 22.7 Å². The molecule has 0 spiro atoms. The Balaban J connectivity index is 1.78. The van der Waals surface area contributed by atoms with Gasteiger partial charge in [-0.05, 0) is 71.6 Å². The quantitative estimate of drug-likeness (QED) is 0.762. The number of hydrogen-bond acceptors (Lipinski definition) is 3. The van der Waals surface area contributed by atoms with Gasteiger partial charge < -0.3 is 10.6 Å². The highest BCUT2D eigenvalue weighted by Gasteiger charge is 2.30. The first-order chi connectivity index (χ1) is 10.8. The van der Waals surface area contributed by atoms with Crippen LogP contribution in [0.15, 0.2) is 51.9 Å². The van der Waals surface area contributed by atoms with Crippen LogP contribution in [0.5, 0.6) is 0 Å². The molecule has 0 radical (unpaired) electrons. The minimum Gasteiger partial charge on any atom is -0.351 e. The largest absolute Gasteiger partial charge is 0.351 e. The Morgan fingerprint density at radius 3 is 2.77 bits per heavy atom. The van der Waals surface area contributed by atoms with E-state index in [0.29, 0.717) is 0 Å². The maximum absolute atomic E-state index is 5.45. The molecule has 112 valence electrons. The monoisotopic (exact) mass is 344 g/mol. The van der Waals surface area contributed by atoms with Crippen LogP contribution < -0.4 is 10.6 Å². The molecule has 2 nitrogen and oxygen atoms in total. The van der Waals surface area contributed by atoms with E-state index in [0.717, 1.165) is 18.0 Å². The van der Waals surface area contributed by atoms with Crippen molar-refractivity contribution in [1.82, 2.24) is 10.6 Å². The Bertz CT molecular complexity index is 739. The summed E-state index contributed by atoms with van der Waals surface area (Å²) in [5, 5.41) is 11.8. The molecule has 5 heteroatoms. The summed E-state index contributed by atoms with van der Waals surface area (Å²) >= 11 is 9.02. The van der Waals surface area contributed by atoms with Gasteiger partial charge in [-0.2, -0.15) is 0 Å². The van der Waals surface area contributed by atoms with Crippen molar-refractivity contribution in [2.45, 2.75) is 25.3 Å². The van der Waals surface area contributed by atoms with E-state index in [9.17, 15) is 0 Å². The van der Waals surface area contributed by atoms with Gasteiger partial charge in [0.1, 0.15) is 0 Å². The molecule has 1 unspecified atom stereocenters. The van der Waals surface area contributed by atoms with Crippen molar-refractivity contribution in [3.63, 3.8) is 0 Å². The average Bonchev–Trinajstić information content (AvgIpc) is 3.20. The Labute approximate surface area is 143 Å². The Hall–Kier alpha value is -1.43. The molecule has 0 bridgehead atoms. The molecule has 0 amide bonds. The van der Waals surface area contributed by atoms with Gasteiger partial charge in [0, 0.05) is 15.5 Å². The number of thiophene rings is 2. The van der Waals surface area contributed by atoms with Gasteiger partial charge in [-0.25, -0.2) is 0 Å². The summed E-state index contributed by atoms with van der Waals surface area (Å²) in [5.74, 6) is 0. The lowest BCUT2D eigenvalue weighted by Gasteiger charge is -2.35. The molecular weight excluding hydrogens is 328 g/mol. The number of rotatable bonds is 2. The second-order valence-electron chi connectivity index (χ2n) is 5.49. The van der Waals surface area contributed by atoms with Gasteiger partial charge in [0.2, 0.25) is 0 Å². The highest BCUT2D eigenvalue weighted by atomic mass is 32.1. The van der Waals surface area contributed by atoms with Crippen molar-refractivity contribution in [3.8, 4) is 0 Å². The zero-order valence-electron chi connectivity index (χ0n) is 12.0. The molecule has 3 heterocycles. The summed E-state index contributed by atoms with van der Waals surface area (Å²) in [5.41, 5.74) is 4.08. The minimum absolute atomic E-state index is 0.232. The molecule has 0 saturated carbocycles. The number of thiocarbonyl (C=S) groups is 1. The lowest BCUT2D eigenvalue weighted by Crippen LogP contribution is -2.44. The summed E-state index contributed by atoms with van der Waals surface area (Å²) in [6.45, 7) is 0. The molecule has 2 aliphatic rings. The van der Waals surface area contributed by atoms with Crippen LogP contribution in [-0.4, -0.2) is 5.11 Å². The summed E-state index contributed by atoms with van der Waals surface area (Å²) in [4.78, 5) is 2.65. The smallest absolute Gasteiger partial charge is 0.171 e. The van der Waals surface area contributed by atoms with Crippen molar-refractivity contribution in [2.24, 2.45) is 0 Å². The standard InChI is InChI=1S/C17H16N2S3/c20-17-18-15-11(10-12-5-2-8-21-12)4-1-6-13(15)16(19-17)14-7-3-9-22-14/h2-3,5,7-10,16H,1,4,6H2,(H2,18,19,20). The Morgan fingerprint density at radius 1 is 1.14 bits per heavy atom. The third kappa shape index (κ3) is 2.64. The highest BCUT2D eigenvalue weighted by Crippen LogP contribution is 2.39. The molecular formula is C17H16N2S3. The molecule has 1 aliphatic carbocycles. The third-order valence-electron chi connectivity index (χ3n) is 4.08. The van der Waals surface area contributed by atoms with Crippen LogP contribution >= 0.6 is 34.9 Å². The highest BCUT2D eigenvalue weighted by molar-refractivity contribution is 7.80. The van der Waals surface area contributed by atoms with Crippen LogP contribution in [0, 0.1) is 0 Å². The van der Waals surface area contributed by atoms with Gasteiger partial charge in [-0.15, -0.1) is 22.7 Å². The molecule has 0 saturated heterocycles. The second kappa shape index (κ2) is 5.99. The fourth-order valence-corrected chi connectivity index (χ4v) is 4.84. The van der Waals surface area contributed by atoms with E-state index < -0.39 is 0 Å². The summed E-state index contributed by atoms with van der Waals surface area (Å²) in [6.07, 6.45) is 5.76. The van der Waals surface area contributed by atoms with E-state index in [1.165, 1.54) is 33.0 Å². The average molecular weight is 345 g/mol. The van der Waals surface area contributed by atoms with Crippen molar-refractivity contribution >= 4 is 46.1 Å². The number of allylic oxidation sites excluding steroid dienone is 1. The van der Waals surface area contributed by atoms with E-state index in [-0.39, 0.29) is 6.04 Å². The Kier molecular flexibility index (Phi) is 3.86. The van der Waals surface area contributed by atoms with E-state index in [2.05, 4.69) is 51.7 Å². The number of nitrogens with one attached hydrogen (secondary N) is 2. The van der Waals surface area contributed by atoms with Gasteiger partial charge in [-0.3, -0.25) is 0 Å². The first-order valence-electron chi connectivity index (χ1n) is 7.39. The zero-order valence-corrected chi connectivity index (χ0v) is 14.4. The third-order valence-corrected chi connectivity index (χ3v) is 6.06. The van der Waals surface area contributed by atoms with Gasteiger partial charge >= 0.3 is 0 Å². The molecule has 4 rings (SSSR count). The maximum Gasteiger partial charge on any atom is 0.171 e. The normalized spacial score (nSPS) is 23.2. The van der Waals surface area contributed by atoms with Crippen LogP contribution in [0.1, 0.15) is 35.1 Å². The lowest BCUT2D eigenvalue weighted by molar-refractivity contribution is 0.615. The minimum atomic E-state index is 0.232. The van der Waals surface area contributed by atoms with Crippen LogP contribution in [0.25, 0.3) is 6.08 Å². The van der Waals surface area contributed by atoms with Crippen molar-refractivity contribution in [2.75, 3.05) is 0 Å². The van der Waals surface area contributed by atoms with Gasteiger partial charge in [0.15, 0.2) is 5.11 Å². The molecule has 1 atom stereocenters. The van der Waals surface area contributed by atoms with E-state index in [4.69, 9.17) is 12.2 Å². The van der Waals surface area contributed by atoms with E-state index >= 15 is 0 Å². The van der Waals surface area contributed by atoms with Crippen molar-refractivity contribution in [3.05, 3.63) is 61.6 Å². The molecule has 0 aromatic carbocycles. The SMILES string of the molecule is S=C1NC2=C(CCCC2=Cc2cccs2)C(c2cccs2)N1. The van der Waals surface area contributed by atoms with E-state index in [1.807, 2.05) is 0 Å². The molecule has 2 aromatic rings. The van der Waals surface area contributed by atoms with Crippen LogP contribution in [0.2, 0.25) is 0 Å². The predicted octanol–water partition coefficient (Wildman–Crippen LogP) is 4.85. The summed E-state index contributed by atoms with van der Waals surface area (Å²) in [7, 11) is 0. The molecule has 2 N–H and O–H groups in total. The second-order valence-corrected chi connectivity index (χ2v) is 7.85. The molecule has 22 heavy (non-hydrogen) atoms. The lowest BCUT2D eigenvalue weighted by atomic mass is 9.85. The topological polar surface area (TPSA) is 24.1 Å². The van der Waals surface area contributed by atoms with Crippen molar-refractivity contribution < 1.29 is 0 Å². The van der Waals surface area contributed by atoms with Crippen LogP contribution in [0.3, 0.4) is 0 Å². The molecule has 0 fully saturated rings. The van der Waals surface area contributed by atoms with Gasteiger partial charge in [-0.1, -0.05) is 12.1 Å². The first kappa shape index (κ1) is 14.2.